The maximum Gasteiger partial charge on any atom is 0.409 e. The van der Waals surface area contributed by atoms with E-state index in [-0.39, 0.29) is 23.4 Å². The topological polar surface area (TPSA) is 59.5 Å². The molecule has 2 aromatic rings. The molecule has 5 nitrogen and oxygen atoms in total. The van der Waals surface area contributed by atoms with Crippen LogP contribution in [0.4, 0.5) is 13.2 Å². The van der Waals surface area contributed by atoms with Crippen LogP contribution in [0.1, 0.15) is 39.3 Å². The number of alkyl halides is 3. The summed E-state index contributed by atoms with van der Waals surface area (Å²) >= 11 is 0. The highest BCUT2D eigenvalue weighted by molar-refractivity contribution is 7.90. The van der Waals surface area contributed by atoms with Gasteiger partial charge in [0.15, 0.2) is 0 Å². The van der Waals surface area contributed by atoms with Crippen molar-refractivity contribution in [2.24, 2.45) is 0 Å². The largest absolute Gasteiger partial charge is 0.481 e. The van der Waals surface area contributed by atoms with Gasteiger partial charge < -0.3 is 4.74 Å². The first-order valence-corrected chi connectivity index (χ1v) is 9.80. The molecule has 1 unspecified atom stereocenters. The minimum Gasteiger partial charge on any atom is -0.481 e. The van der Waals surface area contributed by atoms with Gasteiger partial charge in [0, 0.05) is 23.7 Å². The zero-order chi connectivity index (χ0) is 20.6. The molecule has 0 saturated heterocycles. The van der Waals surface area contributed by atoms with Crippen LogP contribution < -0.4 is 4.74 Å². The van der Waals surface area contributed by atoms with Crippen LogP contribution in [0.25, 0.3) is 10.8 Å². The van der Waals surface area contributed by atoms with Gasteiger partial charge in [-0.25, -0.2) is 13.4 Å². The van der Waals surface area contributed by atoms with Crippen LogP contribution in [-0.2, 0) is 10.0 Å². The van der Waals surface area contributed by atoms with Gasteiger partial charge in [0.2, 0.25) is 15.9 Å². The Bertz CT molecular complexity index is 922. The van der Waals surface area contributed by atoms with Gasteiger partial charge in [0.25, 0.3) is 0 Å². The van der Waals surface area contributed by atoms with Crippen LogP contribution in [0.15, 0.2) is 30.5 Å². The summed E-state index contributed by atoms with van der Waals surface area (Å²) in [6.07, 6.45) is -3.78. The van der Waals surface area contributed by atoms with Crippen molar-refractivity contribution in [1.29, 1.82) is 0 Å². The lowest BCUT2D eigenvalue weighted by atomic mass is 10.0. The number of aromatic nitrogens is 1. The van der Waals surface area contributed by atoms with E-state index in [0.29, 0.717) is 9.69 Å². The summed E-state index contributed by atoms with van der Waals surface area (Å²) in [4.78, 5) is 3.98. The summed E-state index contributed by atoms with van der Waals surface area (Å²) < 4.78 is 72.3. The number of halogens is 3. The number of rotatable bonds is 5. The highest BCUT2D eigenvalue weighted by Gasteiger charge is 2.51. The maximum atomic E-state index is 14.1. The van der Waals surface area contributed by atoms with Crippen LogP contribution in [0.3, 0.4) is 0 Å². The van der Waals surface area contributed by atoms with Crippen LogP contribution in [0.2, 0.25) is 0 Å². The lowest BCUT2D eigenvalue weighted by Gasteiger charge is -2.36. The standard InChI is InChI=1S/C18H23F3N2O3S/c1-6-23(27(24,25)17(2,3)4)15(18(19,20)21)14-11-22-16(26-5)13-10-8-7-9-12(13)14/h7-11,15H,6H2,1-5H3. The van der Waals surface area contributed by atoms with E-state index in [1.54, 1.807) is 18.2 Å². The summed E-state index contributed by atoms with van der Waals surface area (Å²) in [7, 11) is -2.88. The summed E-state index contributed by atoms with van der Waals surface area (Å²) in [5.74, 6) is 0.178. The molecule has 27 heavy (non-hydrogen) atoms. The van der Waals surface area contributed by atoms with E-state index in [0.717, 1.165) is 6.20 Å². The summed E-state index contributed by atoms with van der Waals surface area (Å²) in [5, 5.41) is 0.630. The van der Waals surface area contributed by atoms with Crippen molar-refractivity contribution in [3.63, 3.8) is 0 Å². The minimum atomic E-state index is -4.83. The molecule has 2 rings (SSSR count). The third-order valence-electron chi connectivity index (χ3n) is 4.27. The molecule has 0 spiro atoms. The number of fused-ring (bicyclic) bond motifs is 1. The van der Waals surface area contributed by atoms with Crippen LogP contribution in [-0.4, -0.2) is 42.3 Å². The Morgan fingerprint density at radius 1 is 1.15 bits per heavy atom. The molecule has 9 heteroatoms. The molecule has 1 aromatic carbocycles. The normalized spacial score (nSPS) is 14.6. The van der Waals surface area contributed by atoms with E-state index in [1.165, 1.54) is 40.9 Å². The highest BCUT2D eigenvalue weighted by atomic mass is 32.2. The summed E-state index contributed by atoms with van der Waals surface area (Å²) in [6, 6.07) is 3.99. The molecule has 1 atom stereocenters. The second-order valence-corrected chi connectivity index (χ2v) is 9.68. The summed E-state index contributed by atoms with van der Waals surface area (Å²) in [5.41, 5.74) is -0.228. The molecular weight excluding hydrogens is 381 g/mol. The van der Waals surface area contributed by atoms with E-state index in [9.17, 15) is 21.6 Å². The van der Waals surface area contributed by atoms with E-state index < -0.39 is 27.0 Å². The van der Waals surface area contributed by atoms with Gasteiger partial charge in [0.1, 0.15) is 6.04 Å². The van der Waals surface area contributed by atoms with E-state index in [2.05, 4.69) is 4.98 Å². The molecule has 0 aliphatic rings. The molecule has 150 valence electrons. The van der Waals surface area contributed by atoms with Crippen molar-refractivity contribution in [2.75, 3.05) is 13.7 Å². The van der Waals surface area contributed by atoms with E-state index in [1.807, 2.05) is 0 Å². The van der Waals surface area contributed by atoms with E-state index >= 15 is 0 Å². The number of ether oxygens (including phenoxy) is 1. The van der Waals surface area contributed by atoms with Crippen molar-refractivity contribution in [2.45, 2.75) is 44.7 Å². The molecule has 0 bridgehead atoms. The molecule has 0 fully saturated rings. The van der Waals surface area contributed by atoms with Gasteiger partial charge in [-0.3, -0.25) is 0 Å². The predicted molar refractivity (Wildman–Crippen MR) is 98.1 cm³/mol. The van der Waals surface area contributed by atoms with Crippen LogP contribution >= 0.6 is 0 Å². The zero-order valence-corrected chi connectivity index (χ0v) is 16.6. The maximum absolute atomic E-state index is 14.1. The Morgan fingerprint density at radius 3 is 2.15 bits per heavy atom. The Kier molecular flexibility index (Phi) is 5.77. The predicted octanol–water partition coefficient (Wildman–Crippen LogP) is 4.30. The lowest BCUT2D eigenvalue weighted by Crippen LogP contribution is -2.48. The first-order chi connectivity index (χ1) is 12.4. The average molecular weight is 404 g/mol. The molecular formula is C18H23F3N2O3S. The van der Waals surface area contributed by atoms with E-state index in [4.69, 9.17) is 4.74 Å². The first-order valence-electron chi connectivity index (χ1n) is 8.36. The fraction of sp³-hybridized carbons (Fsp3) is 0.500. The second kappa shape index (κ2) is 7.27. The molecule has 1 aromatic heterocycles. The molecule has 1 heterocycles. The molecule has 0 aliphatic carbocycles. The number of nitrogens with zero attached hydrogens (tertiary/aromatic N) is 2. The molecule has 0 N–H and O–H groups in total. The third kappa shape index (κ3) is 3.89. The fourth-order valence-electron chi connectivity index (χ4n) is 2.91. The van der Waals surface area contributed by atoms with Gasteiger partial charge in [-0.1, -0.05) is 25.1 Å². The van der Waals surface area contributed by atoms with Crippen LogP contribution in [0, 0.1) is 0 Å². The number of methoxy groups -OCH3 is 1. The Morgan fingerprint density at radius 2 is 1.70 bits per heavy atom. The monoisotopic (exact) mass is 404 g/mol. The number of sulfonamides is 1. The second-order valence-electron chi connectivity index (χ2n) is 7.03. The Labute approximate surface area is 157 Å². The van der Waals surface area contributed by atoms with Gasteiger partial charge in [-0.05, 0) is 32.2 Å². The number of hydrogen-bond donors (Lipinski definition) is 0. The third-order valence-corrected chi connectivity index (χ3v) is 6.90. The average Bonchev–Trinajstić information content (AvgIpc) is 2.56. The van der Waals surface area contributed by atoms with Gasteiger partial charge in [-0.2, -0.15) is 17.5 Å². The van der Waals surface area contributed by atoms with Gasteiger partial charge in [-0.15, -0.1) is 0 Å². The molecule has 0 amide bonds. The Balaban J connectivity index is 2.82. The lowest BCUT2D eigenvalue weighted by molar-refractivity contribution is -0.173. The zero-order valence-electron chi connectivity index (χ0n) is 15.8. The smallest absolute Gasteiger partial charge is 0.409 e. The van der Waals surface area contributed by atoms with Crippen molar-refractivity contribution in [3.8, 4) is 5.88 Å². The molecule has 0 aliphatic heterocycles. The summed E-state index contributed by atoms with van der Waals surface area (Å²) in [6.45, 7) is 5.19. The van der Waals surface area contributed by atoms with Gasteiger partial charge >= 0.3 is 6.18 Å². The number of hydrogen-bond acceptors (Lipinski definition) is 4. The van der Waals surface area contributed by atoms with Crippen molar-refractivity contribution >= 4 is 20.8 Å². The number of pyridine rings is 1. The Hall–Kier alpha value is -1.87. The fourth-order valence-corrected chi connectivity index (χ4v) is 4.46. The van der Waals surface area contributed by atoms with Crippen molar-refractivity contribution < 1.29 is 26.3 Å². The minimum absolute atomic E-state index is 0.178. The highest BCUT2D eigenvalue weighted by Crippen LogP contribution is 2.44. The van der Waals surface area contributed by atoms with Crippen molar-refractivity contribution in [3.05, 3.63) is 36.0 Å². The first kappa shape index (κ1) is 21.4. The van der Waals surface area contributed by atoms with Crippen molar-refractivity contribution in [1.82, 2.24) is 9.29 Å². The molecule has 0 saturated carbocycles. The molecule has 0 radical (unpaired) electrons. The number of benzene rings is 1. The quantitative estimate of drug-likeness (QED) is 0.746. The van der Waals surface area contributed by atoms with Gasteiger partial charge in [0.05, 0.1) is 11.9 Å². The van der Waals surface area contributed by atoms with Crippen LogP contribution in [0.5, 0.6) is 5.88 Å². The SMILES string of the molecule is CCN(C(c1cnc(OC)c2ccccc12)C(F)(F)F)S(=O)(=O)C(C)(C)C.